The fourth-order valence-corrected chi connectivity index (χ4v) is 3.23. The zero-order valence-electron chi connectivity index (χ0n) is 7.12. The molecule has 0 radical (unpaired) electrons. The molecule has 2 heterocycles. The molecular weight excluding hydrogens is 166 g/mol. The van der Waals surface area contributed by atoms with Crippen LogP contribution >= 0.6 is 11.3 Å². The van der Waals surface area contributed by atoms with Crippen molar-refractivity contribution >= 4 is 11.3 Å². The summed E-state index contributed by atoms with van der Waals surface area (Å²) in [6.07, 6.45) is 4.24. The summed E-state index contributed by atoms with van der Waals surface area (Å²) in [6.45, 7) is 1.31. The second kappa shape index (κ2) is 2.57. The summed E-state index contributed by atoms with van der Waals surface area (Å²) in [7, 11) is 0. The number of thiophene rings is 1. The number of rotatable bonds is 1. The first kappa shape index (κ1) is 7.10. The van der Waals surface area contributed by atoms with Gasteiger partial charge in [0.1, 0.15) is 6.04 Å². The van der Waals surface area contributed by atoms with Gasteiger partial charge in [0, 0.05) is 22.8 Å². The summed E-state index contributed by atoms with van der Waals surface area (Å²) in [5, 5.41) is 4.81. The molecular formula is C10H14NS+. The van der Waals surface area contributed by atoms with Gasteiger partial charge in [0.15, 0.2) is 0 Å². The highest BCUT2D eigenvalue weighted by Crippen LogP contribution is 2.41. The molecule has 2 heteroatoms. The van der Waals surface area contributed by atoms with E-state index in [1.165, 1.54) is 25.8 Å². The molecule has 0 saturated heterocycles. The van der Waals surface area contributed by atoms with Crippen LogP contribution in [0, 0.1) is 5.92 Å². The Bertz CT molecular complexity index is 288. The molecule has 2 aliphatic rings. The van der Waals surface area contributed by atoms with Crippen molar-refractivity contribution in [2.75, 3.05) is 6.54 Å². The van der Waals surface area contributed by atoms with Crippen LogP contribution in [0.2, 0.25) is 0 Å². The van der Waals surface area contributed by atoms with Gasteiger partial charge in [0.2, 0.25) is 0 Å². The standard InChI is InChI=1S/C10H13NS/c1-2-7(1)10-8-4-6-12-9(8)3-5-11-10/h4,6-7,10-11H,1-3,5H2/p+1/t10-/m0/s1. The van der Waals surface area contributed by atoms with E-state index in [9.17, 15) is 0 Å². The van der Waals surface area contributed by atoms with Crippen molar-refractivity contribution in [1.82, 2.24) is 0 Å². The Labute approximate surface area is 76.8 Å². The molecule has 0 bridgehead atoms. The van der Waals surface area contributed by atoms with Gasteiger partial charge in [-0.05, 0) is 24.3 Å². The summed E-state index contributed by atoms with van der Waals surface area (Å²) < 4.78 is 0. The molecule has 1 aromatic heterocycles. The van der Waals surface area contributed by atoms with Gasteiger partial charge in [-0.1, -0.05) is 0 Å². The van der Waals surface area contributed by atoms with Gasteiger partial charge >= 0.3 is 0 Å². The molecule has 1 aromatic rings. The van der Waals surface area contributed by atoms with Crippen LogP contribution in [0.1, 0.15) is 29.3 Å². The molecule has 0 unspecified atom stereocenters. The van der Waals surface area contributed by atoms with Crippen LogP contribution in [-0.4, -0.2) is 6.54 Å². The van der Waals surface area contributed by atoms with E-state index in [0.717, 1.165) is 12.0 Å². The van der Waals surface area contributed by atoms with Gasteiger partial charge in [0.25, 0.3) is 0 Å². The topological polar surface area (TPSA) is 16.6 Å². The molecule has 1 aliphatic carbocycles. The lowest BCUT2D eigenvalue weighted by atomic mass is 9.99. The van der Waals surface area contributed by atoms with E-state index in [0.29, 0.717) is 0 Å². The van der Waals surface area contributed by atoms with Crippen molar-refractivity contribution in [2.24, 2.45) is 5.92 Å². The monoisotopic (exact) mass is 180 g/mol. The number of nitrogens with two attached hydrogens (primary N) is 1. The van der Waals surface area contributed by atoms with Crippen molar-refractivity contribution in [3.05, 3.63) is 21.9 Å². The molecule has 0 spiro atoms. The van der Waals surface area contributed by atoms with E-state index >= 15 is 0 Å². The molecule has 1 aliphatic heterocycles. The van der Waals surface area contributed by atoms with Crippen LogP contribution in [0.3, 0.4) is 0 Å². The minimum Gasteiger partial charge on any atom is -0.339 e. The zero-order chi connectivity index (χ0) is 7.97. The lowest BCUT2D eigenvalue weighted by molar-refractivity contribution is -0.702. The van der Waals surface area contributed by atoms with Crippen LogP contribution in [-0.2, 0) is 6.42 Å². The summed E-state index contributed by atoms with van der Waals surface area (Å²) in [4.78, 5) is 1.66. The molecule has 1 saturated carbocycles. The normalized spacial score (nSPS) is 28.5. The average Bonchev–Trinajstić information content (AvgIpc) is 2.82. The number of fused-ring (bicyclic) bond motifs is 1. The lowest BCUT2D eigenvalue weighted by Gasteiger charge is -2.20. The highest BCUT2D eigenvalue weighted by molar-refractivity contribution is 7.10. The Hall–Kier alpha value is -0.340. The van der Waals surface area contributed by atoms with E-state index in [1.807, 2.05) is 11.3 Å². The van der Waals surface area contributed by atoms with Crippen LogP contribution < -0.4 is 5.32 Å². The number of quaternary nitrogens is 1. The molecule has 1 atom stereocenters. The first-order valence-corrected chi connectivity index (χ1v) is 5.73. The summed E-state index contributed by atoms with van der Waals surface area (Å²) in [5.74, 6) is 1.01. The molecule has 3 rings (SSSR count). The van der Waals surface area contributed by atoms with Crippen LogP contribution in [0.5, 0.6) is 0 Å². The molecule has 2 N–H and O–H groups in total. The third kappa shape index (κ3) is 1.02. The Morgan fingerprint density at radius 3 is 3.17 bits per heavy atom. The first-order valence-electron chi connectivity index (χ1n) is 4.85. The van der Waals surface area contributed by atoms with Gasteiger partial charge in [-0.15, -0.1) is 11.3 Å². The third-order valence-electron chi connectivity index (χ3n) is 3.06. The summed E-state index contributed by atoms with van der Waals surface area (Å²) in [6, 6.07) is 3.18. The smallest absolute Gasteiger partial charge is 0.115 e. The second-order valence-electron chi connectivity index (χ2n) is 3.94. The average molecular weight is 180 g/mol. The van der Waals surface area contributed by atoms with Crippen LogP contribution in [0.25, 0.3) is 0 Å². The largest absolute Gasteiger partial charge is 0.339 e. The van der Waals surface area contributed by atoms with Gasteiger partial charge < -0.3 is 5.32 Å². The van der Waals surface area contributed by atoms with Gasteiger partial charge in [-0.2, -0.15) is 0 Å². The van der Waals surface area contributed by atoms with E-state index in [1.54, 1.807) is 10.4 Å². The maximum absolute atomic E-state index is 2.55. The Morgan fingerprint density at radius 2 is 2.33 bits per heavy atom. The minimum absolute atomic E-state index is 0.833. The van der Waals surface area contributed by atoms with Crippen molar-refractivity contribution < 1.29 is 5.32 Å². The first-order chi connectivity index (χ1) is 5.95. The Balaban J connectivity index is 1.97. The van der Waals surface area contributed by atoms with Crippen molar-refractivity contribution in [2.45, 2.75) is 25.3 Å². The summed E-state index contributed by atoms with van der Waals surface area (Å²) >= 11 is 1.95. The fourth-order valence-electron chi connectivity index (χ4n) is 2.27. The minimum atomic E-state index is 0.833. The third-order valence-corrected chi connectivity index (χ3v) is 4.06. The predicted molar refractivity (Wildman–Crippen MR) is 50.3 cm³/mol. The van der Waals surface area contributed by atoms with Crippen molar-refractivity contribution in [3.8, 4) is 0 Å². The molecule has 1 nitrogen and oxygen atoms in total. The number of hydrogen-bond acceptors (Lipinski definition) is 1. The lowest BCUT2D eigenvalue weighted by Crippen LogP contribution is -2.87. The van der Waals surface area contributed by atoms with Gasteiger partial charge in [-0.3, -0.25) is 0 Å². The fraction of sp³-hybridized carbons (Fsp3) is 0.600. The second-order valence-corrected chi connectivity index (χ2v) is 4.94. The molecule has 64 valence electrons. The maximum Gasteiger partial charge on any atom is 0.115 e. The van der Waals surface area contributed by atoms with E-state index in [-0.39, 0.29) is 0 Å². The number of hydrogen-bond donors (Lipinski definition) is 1. The highest BCUT2D eigenvalue weighted by Gasteiger charge is 2.38. The van der Waals surface area contributed by atoms with E-state index in [2.05, 4.69) is 16.8 Å². The Morgan fingerprint density at radius 1 is 1.42 bits per heavy atom. The Kier molecular flexibility index (Phi) is 1.52. The van der Waals surface area contributed by atoms with Gasteiger partial charge in [-0.25, -0.2) is 0 Å². The highest BCUT2D eigenvalue weighted by atomic mass is 32.1. The van der Waals surface area contributed by atoms with Gasteiger partial charge in [0.05, 0.1) is 6.54 Å². The SMILES string of the molecule is c1cc2c(s1)CC[NH2+][C@H]2C1CC1. The van der Waals surface area contributed by atoms with E-state index < -0.39 is 0 Å². The van der Waals surface area contributed by atoms with E-state index in [4.69, 9.17) is 0 Å². The predicted octanol–water partition coefficient (Wildman–Crippen LogP) is 1.32. The van der Waals surface area contributed by atoms with Crippen LogP contribution in [0.4, 0.5) is 0 Å². The molecule has 12 heavy (non-hydrogen) atoms. The molecule has 0 amide bonds. The quantitative estimate of drug-likeness (QED) is 0.671. The van der Waals surface area contributed by atoms with Crippen molar-refractivity contribution in [3.63, 3.8) is 0 Å². The zero-order valence-corrected chi connectivity index (χ0v) is 7.94. The van der Waals surface area contributed by atoms with Crippen LogP contribution in [0.15, 0.2) is 11.4 Å². The maximum atomic E-state index is 2.55. The molecule has 0 aromatic carbocycles. The van der Waals surface area contributed by atoms with Crippen molar-refractivity contribution in [1.29, 1.82) is 0 Å². The molecule has 1 fully saturated rings. The summed E-state index contributed by atoms with van der Waals surface area (Å²) in [5.41, 5.74) is 1.66.